The van der Waals surface area contributed by atoms with Crippen LogP contribution >= 0.6 is 0 Å². The van der Waals surface area contributed by atoms with Gasteiger partial charge in [0, 0.05) is 18.7 Å². The van der Waals surface area contributed by atoms with E-state index in [0.717, 1.165) is 18.7 Å². The van der Waals surface area contributed by atoms with Gasteiger partial charge in [0.15, 0.2) is 0 Å². The van der Waals surface area contributed by atoms with E-state index < -0.39 is 0 Å². The Morgan fingerprint density at radius 2 is 1.95 bits per heavy atom. The first-order chi connectivity index (χ1) is 8.94. The first-order valence-corrected chi connectivity index (χ1v) is 7.44. The number of nitrogens with one attached hydrogen (secondary N) is 1. The van der Waals surface area contributed by atoms with Crippen LogP contribution in [0.4, 0.5) is 0 Å². The highest BCUT2D eigenvalue weighted by atomic mass is 16.3. The summed E-state index contributed by atoms with van der Waals surface area (Å²) in [6, 6.07) is 5.76. The molecule has 0 saturated heterocycles. The van der Waals surface area contributed by atoms with Gasteiger partial charge < -0.3 is 10.4 Å². The van der Waals surface area contributed by atoms with Gasteiger partial charge in [-0.15, -0.1) is 0 Å². The summed E-state index contributed by atoms with van der Waals surface area (Å²) in [7, 11) is 0. The number of hydrogen-bond acceptors (Lipinski definition) is 2. The molecule has 2 nitrogen and oxygen atoms in total. The minimum absolute atomic E-state index is 0.328. The van der Waals surface area contributed by atoms with E-state index in [1.807, 2.05) is 12.1 Å². The lowest BCUT2D eigenvalue weighted by atomic mass is 9.87. The lowest BCUT2D eigenvalue weighted by Gasteiger charge is -2.25. The van der Waals surface area contributed by atoms with Gasteiger partial charge in [0.05, 0.1) is 0 Å². The highest BCUT2D eigenvalue weighted by Gasteiger charge is 2.16. The van der Waals surface area contributed by atoms with Crippen LogP contribution in [0.15, 0.2) is 18.2 Å². The van der Waals surface area contributed by atoms with Gasteiger partial charge in [0.25, 0.3) is 0 Å². The van der Waals surface area contributed by atoms with Gasteiger partial charge in [-0.1, -0.05) is 57.7 Å². The Labute approximate surface area is 118 Å². The van der Waals surface area contributed by atoms with E-state index in [0.29, 0.717) is 11.2 Å². The minimum atomic E-state index is 0.328. The van der Waals surface area contributed by atoms with Crippen molar-refractivity contribution in [3.8, 4) is 5.75 Å². The fourth-order valence-corrected chi connectivity index (χ4v) is 2.33. The maximum Gasteiger partial charge on any atom is 0.120 e. The Bertz CT molecular complexity index is 385. The molecule has 0 heterocycles. The van der Waals surface area contributed by atoms with Crippen LogP contribution in [0.2, 0.25) is 0 Å². The summed E-state index contributed by atoms with van der Waals surface area (Å²) in [5.74, 6) is 0.391. The highest BCUT2D eigenvalue weighted by molar-refractivity contribution is 5.35. The van der Waals surface area contributed by atoms with Crippen LogP contribution in [0.5, 0.6) is 5.75 Å². The molecule has 0 aliphatic heterocycles. The van der Waals surface area contributed by atoms with E-state index in [9.17, 15) is 5.11 Å². The predicted molar refractivity (Wildman–Crippen MR) is 82.5 cm³/mol. The van der Waals surface area contributed by atoms with Gasteiger partial charge in [-0.3, -0.25) is 0 Å². The second-order valence-corrected chi connectivity index (χ2v) is 6.36. The molecule has 2 N–H and O–H groups in total. The molecule has 0 radical (unpaired) electrons. The van der Waals surface area contributed by atoms with Gasteiger partial charge in [-0.25, -0.2) is 0 Å². The number of hydrogen-bond donors (Lipinski definition) is 2. The van der Waals surface area contributed by atoms with Crippen molar-refractivity contribution in [2.75, 3.05) is 6.54 Å². The molecule has 2 heteroatoms. The number of rotatable bonds is 8. The van der Waals surface area contributed by atoms with Crippen molar-refractivity contribution in [2.24, 2.45) is 5.41 Å². The maximum atomic E-state index is 9.80. The fourth-order valence-electron chi connectivity index (χ4n) is 2.33. The number of phenols is 1. The first-order valence-electron chi connectivity index (χ1n) is 7.44. The molecular formula is C17H29NO. The fraction of sp³-hybridized carbons (Fsp3) is 0.647. The number of unbranched alkanes of at least 4 members (excludes halogenated alkanes) is 2. The standard InChI is InChI=1S/C17H29NO/c1-5-6-7-10-17(3,4)13-18-12-15-11-14(2)8-9-16(15)19/h8-9,11,18-19H,5-7,10,12-13H2,1-4H3. The second-order valence-electron chi connectivity index (χ2n) is 6.36. The summed E-state index contributed by atoms with van der Waals surface area (Å²) < 4.78 is 0. The van der Waals surface area contributed by atoms with Crippen molar-refractivity contribution in [1.82, 2.24) is 5.32 Å². The third-order valence-electron chi connectivity index (χ3n) is 3.61. The van der Waals surface area contributed by atoms with E-state index in [2.05, 4.69) is 33.0 Å². The summed E-state index contributed by atoms with van der Waals surface area (Å²) in [6.45, 7) is 10.6. The van der Waals surface area contributed by atoms with Crippen LogP contribution in [0.3, 0.4) is 0 Å². The van der Waals surface area contributed by atoms with Crippen LogP contribution in [0.1, 0.15) is 57.6 Å². The zero-order valence-electron chi connectivity index (χ0n) is 12.9. The quantitative estimate of drug-likeness (QED) is 0.681. The maximum absolute atomic E-state index is 9.80. The molecule has 0 saturated carbocycles. The molecule has 0 aliphatic rings. The summed E-state index contributed by atoms with van der Waals surface area (Å²) in [6.07, 6.45) is 5.16. The zero-order valence-corrected chi connectivity index (χ0v) is 12.9. The van der Waals surface area contributed by atoms with Gasteiger partial charge in [0.1, 0.15) is 5.75 Å². The minimum Gasteiger partial charge on any atom is -0.508 e. The van der Waals surface area contributed by atoms with Crippen LogP contribution in [-0.2, 0) is 6.54 Å². The summed E-state index contributed by atoms with van der Waals surface area (Å²) in [5.41, 5.74) is 2.51. The normalized spacial score (nSPS) is 11.8. The third kappa shape index (κ3) is 6.11. The average molecular weight is 263 g/mol. The summed E-state index contributed by atoms with van der Waals surface area (Å²) in [4.78, 5) is 0. The first kappa shape index (κ1) is 16.0. The number of benzene rings is 1. The van der Waals surface area contributed by atoms with Crippen molar-refractivity contribution >= 4 is 0 Å². The Morgan fingerprint density at radius 3 is 2.63 bits per heavy atom. The van der Waals surface area contributed by atoms with Crippen molar-refractivity contribution in [3.63, 3.8) is 0 Å². The largest absolute Gasteiger partial charge is 0.508 e. The summed E-state index contributed by atoms with van der Waals surface area (Å²) in [5, 5.41) is 13.3. The SMILES string of the molecule is CCCCCC(C)(C)CNCc1cc(C)ccc1O. The third-order valence-corrected chi connectivity index (χ3v) is 3.61. The van der Waals surface area contributed by atoms with Crippen molar-refractivity contribution in [2.45, 2.75) is 59.9 Å². The molecule has 1 aromatic rings. The van der Waals surface area contributed by atoms with Gasteiger partial charge in [0.2, 0.25) is 0 Å². The predicted octanol–water partition coefficient (Wildman–Crippen LogP) is 4.40. The molecule has 108 valence electrons. The van der Waals surface area contributed by atoms with E-state index in [1.165, 1.54) is 31.2 Å². The molecule has 0 bridgehead atoms. The van der Waals surface area contributed by atoms with Gasteiger partial charge in [-0.2, -0.15) is 0 Å². The summed E-state index contributed by atoms with van der Waals surface area (Å²) >= 11 is 0. The second kappa shape index (κ2) is 7.54. The average Bonchev–Trinajstić information content (AvgIpc) is 2.33. The van der Waals surface area contributed by atoms with Crippen molar-refractivity contribution < 1.29 is 5.11 Å². The highest BCUT2D eigenvalue weighted by Crippen LogP contribution is 2.23. The van der Waals surface area contributed by atoms with E-state index >= 15 is 0 Å². The molecule has 1 aromatic carbocycles. The number of aryl methyl sites for hydroxylation is 1. The van der Waals surface area contributed by atoms with Crippen LogP contribution in [0.25, 0.3) is 0 Å². The number of aromatic hydroxyl groups is 1. The van der Waals surface area contributed by atoms with E-state index in [4.69, 9.17) is 0 Å². The molecular weight excluding hydrogens is 234 g/mol. The smallest absolute Gasteiger partial charge is 0.120 e. The molecule has 0 atom stereocenters. The van der Waals surface area contributed by atoms with E-state index in [1.54, 1.807) is 6.07 Å². The van der Waals surface area contributed by atoms with Crippen LogP contribution < -0.4 is 5.32 Å². The molecule has 19 heavy (non-hydrogen) atoms. The molecule has 0 amide bonds. The van der Waals surface area contributed by atoms with Crippen molar-refractivity contribution in [1.29, 1.82) is 0 Å². The van der Waals surface area contributed by atoms with E-state index in [-0.39, 0.29) is 0 Å². The van der Waals surface area contributed by atoms with Gasteiger partial charge >= 0.3 is 0 Å². The van der Waals surface area contributed by atoms with Gasteiger partial charge in [-0.05, 0) is 24.8 Å². The molecule has 1 rings (SSSR count). The zero-order chi connectivity index (χ0) is 14.3. The van der Waals surface area contributed by atoms with Crippen molar-refractivity contribution in [3.05, 3.63) is 29.3 Å². The lowest BCUT2D eigenvalue weighted by molar-refractivity contribution is 0.301. The molecule has 0 unspecified atom stereocenters. The number of phenolic OH excluding ortho intramolecular Hbond substituents is 1. The van der Waals surface area contributed by atoms with Crippen LogP contribution in [-0.4, -0.2) is 11.7 Å². The monoisotopic (exact) mass is 263 g/mol. The topological polar surface area (TPSA) is 32.3 Å². The Hall–Kier alpha value is -1.02. The molecule has 0 aliphatic carbocycles. The van der Waals surface area contributed by atoms with Crippen LogP contribution in [0, 0.1) is 12.3 Å². The lowest BCUT2D eigenvalue weighted by Crippen LogP contribution is -2.29. The Kier molecular flexibility index (Phi) is 6.36. The molecule has 0 spiro atoms. The molecule has 0 aromatic heterocycles. The Balaban J connectivity index is 2.38. The Morgan fingerprint density at radius 1 is 1.21 bits per heavy atom. The molecule has 0 fully saturated rings.